The molecule has 0 fully saturated rings. The Morgan fingerprint density at radius 3 is 2.16 bits per heavy atom. The molecule has 19 heavy (non-hydrogen) atoms. The maximum atomic E-state index is 11.9. The van der Waals surface area contributed by atoms with Crippen LogP contribution in [0.15, 0.2) is 0 Å². The van der Waals surface area contributed by atoms with Gasteiger partial charge < -0.3 is 15.7 Å². The average Bonchev–Trinajstić information content (AvgIpc) is 2.35. The molecular weight excluding hydrogens is 244 g/mol. The fourth-order valence-electron chi connectivity index (χ4n) is 1.98. The number of hydrogen-bond acceptors (Lipinski definition) is 3. The molecule has 0 aromatic rings. The number of aliphatic hydroxyl groups is 1. The van der Waals surface area contributed by atoms with Crippen molar-refractivity contribution in [3.8, 4) is 0 Å². The SMILES string of the molecule is CCCCCCC(O)(CC(=O)NCC)C(=O)NCC. The van der Waals surface area contributed by atoms with E-state index in [1.807, 2.05) is 6.92 Å². The predicted octanol–water partition coefficient (Wildman–Crippen LogP) is 1.35. The van der Waals surface area contributed by atoms with Crippen molar-refractivity contribution in [2.45, 2.75) is 64.9 Å². The zero-order chi connectivity index (χ0) is 14.7. The van der Waals surface area contributed by atoms with Gasteiger partial charge in [0.15, 0.2) is 5.60 Å². The van der Waals surface area contributed by atoms with E-state index in [4.69, 9.17) is 0 Å². The third kappa shape index (κ3) is 7.15. The number of rotatable bonds is 10. The molecule has 0 aliphatic carbocycles. The molecule has 0 spiro atoms. The van der Waals surface area contributed by atoms with E-state index >= 15 is 0 Å². The van der Waals surface area contributed by atoms with Crippen LogP contribution in [0.4, 0.5) is 0 Å². The Labute approximate surface area is 116 Å². The van der Waals surface area contributed by atoms with Crippen LogP contribution in [0.25, 0.3) is 0 Å². The van der Waals surface area contributed by atoms with Crippen molar-refractivity contribution in [1.82, 2.24) is 10.6 Å². The van der Waals surface area contributed by atoms with Gasteiger partial charge in [-0.15, -0.1) is 0 Å². The number of unbranched alkanes of at least 4 members (excludes halogenated alkanes) is 3. The zero-order valence-corrected chi connectivity index (χ0v) is 12.4. The van der Waals surface area contributed by atoms with Crippen molar-refractivity contribution >= 4 is 11.8 Å². The molecule has 0 radical (unpaired) electrons. The number of amides is 2. The van der Waals surface area contributed by atoms with Crippen LogP contribution in [0.5, 0.6) is 0 Å². The number of carbonyl (C=O) groups excluding carboxylic acids is 2. The highest BCUT2D eigenvalue weighted by Gasteiger charge is 2.37. The summed E-state index contributed by atoms with van der Waals surface area (Å²) in [6.07, 6.45) is 4.05. The first kappa shape index (κ1) is 17.9. The lowest BCUT2D eigenvalue weighted by Gasteiger charge is -2.26. The third-order valence-electron chi connectivity index (χ3n) is 3.03. The standard InChI is InChI=1S/C14H28N2O3/c1-4-7-8-9-10-14(19,13(18)16-6-3)11-12(17)15-5-2/h19H,4-11H2,1-3H3,(H,15,17)(H,16,18). The van der Waals surface area contributed by atoms with E-state index in [1.165, 1.54) is 0 Å². The molecule has 0 aliphatic heterocycles. The minimum Gasteiger partial charge on any atom is -0.379 e. The predicted molar refractivity (Wildman–Crippen MR) is 75.7 cm³/mol. The van der Waals surface area contributed by atoms with Crippen LogP contribution in [0.2, 0.25) is 0 Å². The summed E-state index contributed by atoms with van der Waals surface area (Å²) < 4.78 is 0. The zero-order valence-electron chi connectivity index (χ0n) is 12.4. The second-order valence-electron chi connectivity index (χ2n) is 4.83. The lowest BCUT2D eigenvalue weighted by molar-refractivity contribution is -0.146. The van der Waals surface area contributed by atoms with Gasteiger partial charge in [-0.2, -0.15) is 0 Å². The summed E-state index contributed by atoms with van der Waals surface area (Å²) >= 11 is 0. The van der Waals surface area contributed by atoms with Crippen LogP contribution < -0.4 is 10.6 Å². The second kappa shape index (κ2) is 9.78. The van der Waals surface area contributed by atoms with Crippen molar-refractivity contribution in [2.75, 3.05) is 13.1 Å². The van der Waals surface area contributed by atoms with Gasteiger partial charge in [0.25, 0.3) is 5.91 Å². The molecule has 112 valence electrons. The second-order valence-corrected chi connectivity index (χ2v) is 4.83. The van der Waals surface area contributed by atoms with Crippen molar-refractivity contribution in [3.63, 3.8) is 0 Å². The first-order valence-corrected chi connectivity index (χ1v) is 7.27. The van der Waals surface area contributed by atoms with Crippen molar-refractivity contribution < 1.29 is 14.7 Å². The molecule has 3 N–H and O–H groups in total. The van der Waals surface area contributed by atoms with Crippen LogP contribution in [0, 0.1) is 0 Å². The summed E-state index contributed by atoms with van der Waals surface area (Å²) in [5, 5.41) is 15.7. The first-order valence-electron chi connectivity index (χ1n) is 7.27. The van der Waals surface area contributed by atoms with Crippen molar-refractivity contribution in [3.05, 3.63) is 0 Å². The molecule has 0 aliphatic rings. The first-order chi connectivity index (χ1) is 9.00. The third-order valence-corrected chi connectivity index (χ3v) is 3.03. The van der Waals surface area contributed by atoms with Gasteiger partial charge in [-0.1, -0.05) is 32.6 Å². The van der Waals surface area contributed by atoms with Gasteiger partial charge in [0.2, 0.25) is 5.91 Å². The van der Waals surface area contributed by atoms with Crippen LogP contribution in [0.1, 0.15) is 59.3 Å². The number of nitrogens with one attached hydrogen (secondary N) is 2. The fourth-order valence-corrected chi connectivity index (χ4v) is 1.98. The number of carbonyl (C=O) groups is 2. The Hall–Kier alpha value is -1.10. The fraction of sp³-hybridized carbons (Fsp3) is 0.857. The minimum atomic E-state index is -1.58. The van der Waals surface area contributed by atoms with E-state index < -0.39 is 11.5 Å². The highest BCUT2D eigenvalue weighted by molar-refractivity contribution is 5.90. The molecule has 0 rings (SSSR count). The van der Waals surface area contributed by atoms with Crippen molar-refractivity contribution in [2.24, 2.45) is 0 Å². The normalized spacial score (nSPS) is 13.7. The Morgan fingerprint density at radius 2 is 1.63 bits per heavy atom. The summed E-state index contributed by atoms with van der Waals surface area (Å²) in [6, 6.07) is 0. The smallest absolute Gasteiger partial charge is 0.252 e. The lowest BCUT2D eigenvalue weighted by atomic mass is 9.91. The van der Waals surface area contributed by atoms with Gasteiger partial charge in [0.1, 0.15) is 0 Å². The van der Waals surface area contributed by atoms with Crippen molar-refractivity contribution in [1.29, 1.82) is 0 Å². The summed E-state index contributed by atoms with van der Waals surface area (Å²) in [4.78, 5) is 23.5. The largest absolute Gasteiger partial charge is 0.379 e. The average molecular weight is 272 g/mol. The summed E-state index contributed by atoms with van der Waals surface area (Å²) in [7, 11) is 0. The van der Waals surface area contributed by atoms with Gasteiger partial charge in [-0.25, -0.2) is 0 Å². The van der Waals surface area contributed by atoms with Crippen LogP contribution in [-0.2, 0) is 9.59 Å². The van der Waals surface area contributed by atoms with E-state index in [-0.39, 0.29) is 12.3 Å². The summed E-state index contributed by atoms with van der Waals surface area (Å²) in [5.41, 5.74) is -1.58. The monoisotopic (exact) mass is 272 g/mol. The van der Waals surface area contributed by atoms with Gasteiger partial charge in [-0.3, -0.25) is 9.59 Å². The maximum Gasteiger partial charge on any atom is 0.252 e. The van der Waals surface area contributed by atoms with Crippen LogP contribution in [0.3, 0.4) is 0 Å². The summed E-state index contributed by atoms with van der Waals surface area (Å²) in [6.45, 7) is 6.65. The van der Waals surface area contributed by atoms with Gasteiger partial charge in [0, 0.05) is 13.1 Å². The van der Waals surface area contributed by atoms with E-state index in [0.29, 0.717) is 19.5 Å². The van der Waals surface area contributed by atoms with Gasteiger partial charge in [0.05, 0.1) is 6.42 Å². The molecule has 0 saturated carbocycles. The molecule has 1 atom stereocenters. The molecule has 5 nitrogen and oxygen atoms in total. The van der Waals surface area contributed by atoms with Gasteiger partial charge >= 0.3 is 0 Å². The Kier molecular flexibility index (Phi) is 9.21. The number of likely N-dealkylation sites (N-methyl/N-ethyl adjacent to an activating group) is 1. The molecular formula is C14H28N2O3. The molecule has 0 saturated heterocycles. The Bertz CT molecular complexity index is 282. The Balaban J connectivity index is 4.52. The molecule has 0 heterocycles. The van der Waals surface area contributed by atoms with Crippen LogP contribution in [-0.4, -0.2) is 35.6 Å². The molecule has 1 unspecified atom stereocenters. The van der Waals surface area contributed by atoms with E-state index in [2.05, 4.69) is 17.6 Å². The lowest BCUT2D eigenvalue weighted by Crippen LogP contribution is -2.49. The molecule has 5 heteroatoms. The Morgan fingerprint density at radius 1 is 1.00 bits per heavy atom. The maximum absolute atomic E-state index is 11.9. The highest BCUT2D eigenvalue weighted by atomic mass is 16.3. The molecule has 0 aromatic heterocycles. The molecule has 0 bridgehead atoms. The number of hydrogen-bond donors (Lipinski definition) is 3. The van der Waals surface area contributed by atoms with E-state index in [0.717, 1.165) is 25.7 Å². The topological polar surface area (TPSA) is 78.4 Å². The highest BCUT2D eigenvalue weighted by Crippen LogP contribution is 2.20. The summed E-state index contributed by atoms with van der Waals surface area (Å²) in [5.74, 6) is -0.732. The molecule has 2 amide bonds. The molecule has 0 aromatic carbocycles. The van der Waals surface area contributed by atoms with E-state index in [1.54, 1.807) is 6.92 Å². The van der Waals surface area contributed by atoms with Crippen LogP contribution >= 0.6 is 0 Å². The minimum absolute atomic E-state index is 0.168. The quantitative estimate of drug-likeness (QED) is 0.525. The van der Waals surface area contributed by atoms with E-state index in [9.17, 15) is 14.7 Å². The van der Waals surface area contributed by atoms with Gasteiger partial charge in [-0.05, 0) is 20.3 Å².